The summed E-state index contributed by atoms with van der Waals surface area (Å²) in [4.78, 5) is 60.3. The van der Waals surface area contributed by atoms with Crippen LogP contribution in [-0.4, -0.2) is 89.1 Å². The first-order chi connectivity index (χ1) is 22.6. The highest BCUT2D eigenvalue weighted by molar-refractivity contribution is 6.34. The molecule has 0 unspecified atom stereocenters. The number of β-amino-alcohol motifs (C(OH)–C–C–N with tert-alkyl or cyclic N) is 1. The van der Waals surface area contributed by atoms with Gasteiger partial charge in [-0.05, 0) is 43.9 Å². The molecule has 0 aliphatic carbocycles. The maximum atomic E-state index is 14.5. The Balaban J connectivity index is 1.48. The highest BCUT2D eigenvalue weighted by atomic mass is 35.5. The molecular formula is C36H42ClN3O7. The number of carbonyl (C=O) groups excluding carboxylic acids is 4. The Morgan fingerprint density at radius 2 is 1.85 bits per heavy atom. The summed E-state index contributed by atoms with van der Waals surface area (Å²) < 4.78 is 12.8. The van der Waals surface area contributed by atoms with Gasteiger partial charge in [-0.15, -0.1) is 13.2 Å². The number of fused-ring (bicyclic) bond motifs is 1. The van der Waals surface area contributed by atoms with E-state index < -0.39 is 59.5 Å². The van der Waals surface area contributed by atoms with Crippen LogP contribution in [0.2, 0.25) is 5.02 Å². The summed E-state index contributed by atoms with van der Waals surface area (Å²) in [6.07, 6.45) is 3.38. The van der Waals surface area contributed by atoms with Gasteiger partial charge in [0.1, 0.15) is 17.7 Å². The third-order valence-corrected chi connectivity index (χ3v) is 10.1. The Labute approximate surface area is 280 Å². The average Bonchev–Trinajstić information content (AvgIpc) is 3.72. The van der Waals surface area contributed by atoms with Crippen molar-refractivity contribution in [3.05, 3.63) is 90.5 Å². The molecule has 3 saturated heterocycles. The van der Waals surface area contributed by atoms with E-state index in [0.29, 0.717) is 35.5 Å². The van der Waals surface area contributed by atoms with Gasteiger partial charge in [0.05, 0.1) is 41.3 Å². The quantitative estimate of drug-likeness (QED) is 0.236. The third kappa shape index (κ3) is 6.22. The molecule has 1 spiro atoms. The highest BCUT2D eigenvalue weighted by Gasteiger charge is 2.75. The lowest BCUT2D eigenvalue weighted by atomic mass is 9.70. The Bertz CT molecular complexity index is 1520. The van der Waals surface area contributed by atoms with E-state index in [1.54, 1.807) is 48.4 Å². The lowest BCUT2D eigenvalue weighted by molar-refractivity contribution is -0.164. The van der Waals surface area contributed by atoms with Crippen LogP contribution in [0.3, 0.4) is 0 Å². The van der Waals surface area contributed by atoms with Crippen molar-refractivity contribution in [3.63, 3.8) is 0 Å². The molecule has 3 fully saturated rings. The van der Waals surface area contributed by atoms with Gasteiger partial charge in [-0.1, -0.05) is 66.2 Å². The molecule has 10 nitrogen and oxygen atoms in total. The minimum atomic E-state index is -1.30. The number of halogens is 1. The van der Waals surface area contributed by atoms with E-state index in [-0.39, 0.29) is 32.0 Å². The zero-order valence-corrected chi connectivity index (χ0v) is 27.6. The summed E-state index contributed by atoms with van der Waals surface area (Å²) in [6.45, 7) is 8.93. The maximum Gasteiger partial charge on any atom is 0.313 e. The van der Waals surface area contributed by atoms with Crippen LogP contribution in [0.1, 0.15) is 44.3 Å². The smallest absolute Gasteiger partial charge is 0.313 e. The lowest BCUT2D eigenvalue weighted by Crippen LogP contribution is -2.57. The van der Waals surface area contributed by atoms with Crippen LogP contribution in [0, 0.1) is 11.8 Å². The maximum absolute atomic E-state index is 14.5. The summed E-state index contributed by atoms with van der Waals surface area (Å²) in [7, 11) is 1.67. The van der Waals surface area contributed by atoms with Gasteiger partial charge in [-0.25, -0.2) is 0 Å². The lowest BCUT2D eigenvalue weighted by Gasteiger charge is -2.37. The van der Waals surface area contributed by atoms with Crippen LogP contribution in [0.25, 0.3) is 0 Å². The number of anilines is 1. The van der Waals surface area contributed by atoms with E-state index in [9.17, 15) is 24.3 Å². The first-order valence-corrected chi connectivity index (χ1v) is 16.4. The second-order valence-electron chi connectivity index (χ2n) is 12.3. The van der Waals surface area contributed by atoms with E-state index >= 15 is 0 Å². The first-order valence-electron chi connectivity index (χ1n) is 16.0. The van der Waals surface area contributed by atoms with Crippen LogP contribution in [-0.2, 0) is 28.7 Å². The van der Waals surface area contributed by atoms with Crippen molar-refractivity contribution in [1.82, 2.24) is 9.80 Å². The van der Waals surface area contributed by atoms with Gasteiger partial charge < -0.3 is 29.3 Å². The van der Waals surface area contributed by atoms with Gasteiger partial charge in [0.15, 0.2) is 0 Å². The molecule has 0 radical (unpaired) electrons. The second kappa shape index (κ2) is 14.4. The minimum Gasteiger partial charge on any atom is -0.455 e. The van der Waals surface area contributed by atoms with Crippen molar-refractivity contribution in [2.24, 2.45) is 11.8 Å². The Morgan fingerprint density at radius 3 is 2.51 bits per heavy atom. The Kier molecular flexibility index (Phi) is 10.5. The van der Waals surface area contributed by atoms with Crippen molar-refractivity contribution in [2.45, 2.75) is 62.5 Å². The van der Waals surface area contributed by atoms with E-state index in [1.165, 1.54) is 9.80 Å². The van der Waals surface area contributed by atoms with Gasteiger partial charge in [0, 0.05) is 26.6 Å². The first kappa shape index (κ1) is 34.3. The third-order valence-electron chi connectivity index (χ3n) is 9.74. The average molecular weight is 664 g/mol. The van der Waals surface area contributed by atoms with Crippen molar-refractivity contribution in [3.8, 4) is 0 Å². The van der Waals surface area contributed by atoms with E-state index in [2.05, 4.69) is 13.2 Å². The van der Waals surface area contributed by atoms with Crippen molar-refractivity contribution < 1.29 is 33.8 Å². The van der Waals surface area contributed by atoms with Crippen molar-refractivity contribution >= 4 is 41.0 Å². The van der Waals surface area contributed by atoms with Crippen molar-refractivity contribution in [2.75, 3.05) is 31.6 Å². The summed E-state index contributed by atoms with van der Waals surface area (Å²) in [5, 5.41) is 10.3. The molecule has 1 N–H and O–H groups in total. The number of esters is 1. The number of benzene rings is 2. The Morgan fingerprint density at radius 1 is 1.15 bits per heavy atom. The fraction of sp³-hybridized carbons (Fsp3) is 0.444. The molecule has 0 aromatic heterocycles. The van der Waals surface area contributed by atoms with Gasteiger partial charge in [0.2, 0.25) is 11.8 Å². The SMILES string of the molecule is C=CCCC(=O)N(C)[C@H](C)[C@H](OC(=O)[C@@H]1[C@H]2C(=O)N(CCO)[C@H](C(=O)N(CC=C)c3ccccc3Cl)[C@]23CC[C@H]1O3)c1ccccc1. The molecular weight excluding hydrogens is 622 g/mol. The molecule has 47 heavy (non-hydrogen) atoms. The Hall–Kier alpha value is -3.99. The fourth-order valence-corrected chi connectivity index (χ4v) is 7.66. The minimum absolute atomic E-state index is 0.116. The van der Waals surface area contributed by atoms with E-state index in [4.69, 9.17) is 21.1 Å². The van der Waals surface area contributed by atoms with Gasteiger partial charge in [-0.3, -0.25) is 19.2 Å². The number of allylic oxidation sites excluding steroid dienone is 1. The van der Waals surface area contributed by atoms with Crippen LogP contribution in [0.4, 0.5) is 5.69 Å². The zero-order valence-electron chi connectivity index (χ0n) is 26.8. The number of aliphatic hydroxyl groups excluding tert-OH is 1. The predicted molar refractivity (Wildman–Crippen MR) is 177 cm³/mol. The van der Waals surface area contributed by atoms with Gasteiger partial charge in [-0.2, -0.15) is 0 Å². The molecule has 2 aromatic rings. The molecule has 3 aliphatic rings. The molecule has 5 rings (SSSR count). The number of hydrogen-bond acceptors (Lipinski definition) is 7. The molecule has 11 heteroatoms. The molecule has 3 heterocycles. The summed E-state index contributed by atoms with van der Waals surface area (Å²) in [5.74, 6) is -3.61. The van der Waals surface area contributed by atoms with Crippen LogP contribution in [0.15, 0.2) is 79.9 Å². The van der Waals surface area contributed by atoms with Crippen molar-refractivity contribution in [1.29, 1.82) is 0 Å². The fourth-order valence-electron chi connectivity index (χ4n) is 7.43. The predicted octanol–water partition coefficient (Wildman–Crippen LogP) is 4.32. The van der Waals surface area contributed by atoms with E-state index in [0.717, 1.165) is 0 Å². The largest absolute Gasteiger partial charge is 0.455 e. The molecule has 2 aromatic carbocycles. The number of nitrogens with zero attached hydrogens (tertiary/aromatic N) is 3. The number of amides is 3. The number of ether oxygens (including phenoxy) is 2. The molecule has 0 saturated carbocycles. The number of likely N-dealkylation sites (N-methyl/N-ethyl adjacent to an activating group) is 1. The normalized spacial score (nSPS) is 25.5. The molecule has 7 atom stereocenters. The molecule has 2 bridgehead atoms. The number of aliphatic hydroxyl groups is 1. The van der Waals surface area contributed by atoms with Crippen LogP contribution in [0.5, 0.6) is 0 Å². The number of likely N-dealkylation sites (tertiary alicyclic amines) is 1. The zero-order chi connectivity index (χ0) is 33.9. The summed E-state index contributed by atoms with van der Waals surface area (Å²) in [5.41, 5.74) is -0.155. The molecule has 3 aliphatic heterocycles. The van der Waals surface area contributed by atoms with Crippen LogP contribution < -0.4 is 4.90 Å². The number of hydrogen-bond donors (Lipinski definition) is 1. The van der Waals surface area contributed by atoms with Crippen LogP contribution >= 0.6 is 11.6 Å². The summed E-state index contributed by atoms with van der Waals surface area (Å²) >= 11 is 6.51. The van der Waals surface area contributed by atoms with Gasteiger partial charge >= 0.3 is 5.97 Å². The number of carbonyl (C=O) groups is 4. The van der Waals surface area contributed by atoms with Gasteiger partial charge in [0.25, 0.3) is 5.91 Å². The number of para-hydroxylation sites is 1. The second-order valence-corrected chi connectivity index (χ2v) is 12.7. The monoisotopic (exact) mass is 663 g/mol. The standard InChI is InChI=1S/C36H42ClN3O7/c1-5-7-17-28(42)38(4)23(3)31(24-13-9-8-10-14-24)46-35(45)29-27-18-19-36(47-27)30(29)33(43)40(21-22-41)32(36)34(44)39(20-6-2)26-16-12-11-15-25(26)37/h5-6,8-16,23,27,29-32,41H,1-2,7,17-22H2,3-4H3/t23-,27-,29+,30+,31+,32-,36+/m1/s1. The summed E-state index contributed by atoms with van der Waals surface area (Å²) in [6, 6.07) is 14.4. The number of rotatable bonds is 14. The highest BCUT2D eigenvalue weighted by Crippen LogP contribution is 2.59. The van der Waals surface area contributed by atoms with E-state index in [1.807, 2.05) is 37.3 Å². The topological polar surface area (TPSA) is 117 Å². The molecule has 250 valence electrons. The molecule has 3 amide bonds.